The third-order valence-electron chi connectivity index (χ3n) is 3.60. The quantitative estimate of drug-likeness (QED) is 0.792. The maximum absolute atomic E-state index is 12.2. The SMILES string of the molecule is O=Cc1ccc2ccn(CC(=O)N3CCOCC3)c2c1. The molecular weight excluding hydrogens is 256 g/mol. The van der Waals surface area contributed by atoms with Crippen LogP contribution in [-0.4, -0.2) is 48.0 Å². The second-order valence-electron chi connectivity index (χ2n) is 4.87. The molecular formula is C15H16N2O3. The van der Waals surface area contributed by atoms with Crippen LogP contribution < -0.4 is 0 Å². The molecule has 0 aliphatic carbocycles. The Morgan fingerprint density at radius 3 is 2.80 bits per heavy atom. The first-order chi connectivity index (χ1) is 9.78. The van der Waals surface area contributed by atoms with Crippen molar-refractivity contribution in [1.29, 1.82) is 0 Å². The second kappa shape index (κ2) is 5.46. The van der Waals surface area contributed by atoms with E-state index in [1.807, 2.05) is 33.9 Å². The molecule has 0 unspecified atom stereocenters. The number of benzene rings is 1. The monoisotopic (exact) mass is 272 g/mol. The molecule has 20 heavy (non-hydrogen) atoms. The topological polar surface area (TPSA) is 51.5 Å². The van der Waals surface area contributed by atoms with Gasteiger partial charge in [0.15, 0.2) is 0 Å². The standard InChI is InChI=1S/C15H16N2O3/c18-11-12-1-2-13-3-4-17(14(13)9-12)10-15(19)16-5-7-20-8-6-16/h1-4,9,11H,5-8,10H2. The average Bonchev–Trinajstić information content (AvgIpc) is 2.90. The van der Waals surface area contributed by atoms with Crippen molar-refractivity contribution in [3.05, 3.63) is 36.0 Å². The minimum absolute atomic E-state index is 0.0855. The van der Waals surface area contributed by atoms with Crippen LogP contribution in [0.2, 0.25) is 0 Å². The van der Waals surface area contributed by atoms with Crippen LogP contribution in [0, 0.1) is 0 Å². The molecule has 2 heterocycles. The molecule has 0 bridgehead atoms. The van der Waals surface area contributed by atoms with Crippen LogP contribution in [0.15, 0.2) is 30.5 Å². The van der Waals surface area contributed by atoms with E-state index >= 15 is 0 Å². The molecule has 5 nitrogen and oxygen atoms in total. The number of rotatable bonds is 3. The summed E-state index contributed by atoms with van der Waals surface area (Å²) in [6.07, 6.45) is 2.71. The van der Waals surface area contributed by atoms with E-state index in [9.17, 15) is 9.59 Å². The Labute approximate surface area is 116 Å². The first-order valence-corrected chi connectivity index (χ1v) is 6.67. The smallest absolute Gasteiger partial charge is 0.242 e. The van der Waals surface area contributed by atoms with Gasteiger partial charge in [-0.15, -0.1) is 0 Å². The normalized spacial score (nSPS) is 15.5. The summed E-state index contributed by atoms with van der Waals surface area (Å²) >= 11 is 0. The number of hydrogen-bond acceptors (Lipinski definition) is 3. The van der Waals surface area contributed by atoms with E-state index in [0.717, 1.165) is 17.2 Å². The lowest BCUT2D eigenvalue weighted by molar-refractivity contribution is -0.135. The molecule has 1 saturated heterocycles. The van der Waals surface area contributed by atoms with E-state index < -0.39 is 0 Å². The minimum Gasteiger partial charge on any atom is -0.378 e. The summed E-state index contributed by atoms with van der Waals surface area (Å²) in [5, 5.41) is 1.03. The molecule has 1 aromatic heterocycles. The number of carbonyl (C=O) groups excluding carboxylic acids is 2. The van der Waals surface area contributed by atoms with Gasteiger partial charge >= 0.3 is 0 Å². The lowest BCUT2D eigenvalue weighted by atomic mass is 10.2. The fourth-order valence-electron chi connectivity index (χ4n) is 2.47. The number of nitrogens with zero attached hydrogens (tertiary/aromatic N) is 2. The summed E-state index contributed by atoms with van der Waals surface area (Å²) in [7, 11) is 0. The number of aromatic nitrogens is 1. The molecule has 1 aliphatic heterocycles. The summed E-state index contributed by atoms with van der Waals surface area (Å²) < 4.78 is 7.14. The van der Waals surface area contributed by atoms with E-state index in [2.05, 4.69) is 0 Å². The second-order valence-corrected chi connectivity index (χ2v) is 4.87. The van der Waals surface area contributed by atoms with Crippen molar-refractivity contribution in [2.24, 2.45) is 0 Å². The number of fused-ring (bicyclic) bond motifs is 1. The summed E-state index contributed by atoms with van der Waals surface area (Å²) in [6.45, 7) is 2.81. The zero-order chi connectivity index (χ0) is 13.9. The van der Waals surface area contributed by atoms with Crippen molar-refractivity contribution in [3.8, 4) is 0 Å². The molecule has 1 aliphatic rings. The maximum atomic E-state index is 12.2. The highest BCUT2D eigenvalue weighted by molar-refractivity contribution is 5.88. The van der Waals surface area contributed by atoms with Gasteiger partial charge in [-0.2, -0.15) is 0 Å². The number of morpholine rings is 1. The Kier molecular flexibility index (Phi) is 3.52. The number of ether oxygens (including phenoxy) is 1. The highest BCUT2D eigenvalue weighted by Crippen LogP contribution is 2.17. The van der Waals surface area contributed by atoms with Crippen molar-refractivity contribution < 1.29 is 14.3 Å². The van der Waals surface area contributed by atoms with Gasteiger partial charge in [-0.05, 0) is 17.5 Å². The number of aldehydes is 1. The Hall–Kier alpha value is -2.14. The average molecular weight is 272 g/mol. The van der Waals surface area contributed by atoms with E-state index in [4.69, 9.17) is 4.74 Å². The summed E-state index contributed by atoms with van der Waals surface area (Å²) in [5.74, 6) is 0.0855. The van der Waals surface area contributed by atoms with Crippen LogP contribution in [0.5, 0.6) is 0 Å². The van der Waals surface area contributed by atoms with Gasteiger partial charge in [0, 0.05) is 30.4 Å². The van der Waals surface area contributed by atoms with Crippen molar-refractivity contribution in [2.75, 3.05) is 26.3 Å². The molecule has 1 fully saturated rings. The zero-order valence-electron chi connectivity index (χ0n) is 11.1. The Morgan fingerprint density at radius 1 is 1.25 bits per heavy atom. The minimum atomic E-state index is 0.0855. The van der Waals surface area contributed by atoms with Crippen LogP contribution in [0.25, 0.3) is 10.9 Å². The van der Waals surface area contributed by atoms with Crippen molar-refractivity contribution in [3.63, 3.8) is 0 Å². The molecule has 5 heteroatoms. The van der Waals surface area contributed by atoms with Crippen LogP contribution in [0.4, 0.5) is 0 Å². The molecule has 0 atom stereocenters. The number of amides is 1. The first kappa shape index (κ1) is 12.9. The van der Waals surface area contributed by atoms with Gasteiger partial charge in [0.25, 0.3) is 0 Å². The lowest BCUT2D eigenvalue weighted by Gasteiger charge is -2.27. The molecule has 3 rings (SSSR count). The van der Waals surface area contributed by atoms with E-state index in [-0.39, 0.29) is 5.91 Å². The van der Waals surface area contributed by atoms with E-state index in [0.29, 0.717) is 38.4 Å². The van der Waals surface area contributed by atoms with Gasteiger partial charge in [0.05, 0.1) is 13.2 Å². The first-order valence-electron chi connectivity index (χ1n) is 6.67. The van der Waals surface area contributed by atoms with Gasteiger partial charge in [-0.1, -0.05) is 12.1 Å². The Bertz CT molecular complexity index is 642. The van der Waals surface area contributed by atoms with Gasteiger partial charge in [0.2, 0.25) is 5.91 Å². The highest BCUT2D eigenvalue weighted by atomic mass is 16.5. The van der Waals surface area contributed by atoms with Gasteiger partial charge in [-0.3, -0.25) is 9.59 Å². The fourth-order valence-corrected chi connectivity index (χ4v) is 2.47. The van der Waals surface area contributed by atoms with Gasteiger partial charge in [0.1, 0.15) is 12.8 Å². The van der Waals surface area contributed by atoms with Crippen LogP contribution in [-0.2, 0) is 16.1 Å². The summed E-state index contributed by atoms with van der Waals surface area (Å²) in [6, 6.07) is 7.45. The van der Waals surface area contributed by atoms with Crippen molar-refractivity contribution >= 4 is 23.1 Å². The zero-order valence-corrected chi connectivity index (χ0v) is 11.1. The van der Waals surface area contributed by atoms with E-state index in [1.165, 1.54) is 0 Å². The predicted octanol–water partition coefficient (Wildman–Crippen LogP) is 1.31. The Morgan fingerprint density at radius 2 is 2.05 bits per heavy atom. The van der Waals surface area contributed by atoms with Crippen LogP contribution >= 0.6 is 0 Å². The van der Waals surface area contributed by atoms with Crippen LogP contribution in [0.1, 0.15) is 10.4 Å². The summed E-state index contributed by atoms with van der Waals surface area (Å²) in [4.78, 5) is 24.9. The third kappa shape index (κ3) is 2.44. The summed E-state index contributed by atoms with van der Waals surface area (Å²) in [5.41, 5.74) is 1.53. The molecule has 104 valence electrons. The molecule has 0 N–H and O–H groups in total. The van der Waals surface area contributed by atoms with Crippen LogP contribution in [0.3, 0.4) is 0 Å². The molecule has 1 amide bonds. The maximum Gasteiger partial charge on any atom is 0.242 e. The van der Waals surface area contributed by atoms with Gasteiger partial charge in [-0.25, -0.2) is 0 Å². The third-order valence-corrected chi connectivity index (χ3v) is 3.60. The molecule has 2 aromatic rings. The largest absolute Gasteiger partial charge is 0.378 e. The molecule has 0 radical (unpaired) electrons. The Balaban J connectivity index is 1.82. The lowest BCUT2D eigenvalue weighted by Crippen LogP contribution is -2.42. The molecule has 0 spiro atoms. The predicted molar refractivity (Wildman–Crippen MR) is 74.7 cm³/mol. The molecule has 0 saturated carbocycles. The van der Waals surface area contributed by atoms with Crippen molar-refractivity contribution in [1.82, 2.24) is 9.47 Å². The molecule has 1 aromatic carbocycles. The number of hydrogen-bond donors (Lipinski definition) is 0. The van der Waals surface area contributed by atoms with E-state index in [1.54, 1.807) is 6.07 Å². The van der Waals surface area contributed by atoms with Crippen molar-refractivity contribution in [2.45, 2.75) is 6.54 Å². The fraction of sp³-hybridized carbons (Fsp3) is 0.333. The highest BCUT2D eigenvalue weighted by Gasteiger charge is 2.17. The van der Waals surface area contributed by atoms with Gasteiger partial charge < -0.3 is 14.2 Å². The number of carbonyl (C=O) groups is 2.